The van der Waals surface area contributed by atoms with Gasteiger partial charge in [-0.2, -0.15) is 0 Å². The average Bonchev–Trinajstić information content (AvgIpc) is 3.42. The molecule has 6 nitrogen and oxygen atoms in total. The van der Waals surface area contributed by atoms with E-state index in [-0.39, 0.29) is 11.7 Å². The number of imidazole rings is 1. The van der Waals surface area contributed by atoms with Crippen molar-refractivity contribution in [2.45, 2.75) is 11.7 Å². The fraction of sp³-hybridized carbons (Fsp3) is 0.143. The van der Waals surface area contributed by atoms with E-state index >= 15 is 0 Å². The van der Waals surface area contributed by atoms with Crippen LogP contribution in [0.25, 0.3) is 22.2 Å². The SMILES string of the molecule is COc1cccc2cc(C(=O)Nc3ccc(-c4cn5c(n4)SCC5)cc3)oc12. The second-order valence-corrected chi connectivity index (χ2v) is 7.53. The molecule has 0 aliphatic carbocycles. The van der Waals surface area contributed by atoms with E-state index < -0.39 is 0 Å². The van der Waals surface area contributed by atoms with Crippen molar-refractivity contribution in [3.05, 3.63) is 60.5 Å². The van der Waals surface area contributed by atoms with Gasteiger partial charge in [-0.1, -0.05) is 36.0 Å². The van der Waals surface area contributed by atoms with Crippen molar-refractivity contribution in [1.29, 1.82) is 0 Å². The van der Waals surface area contributed by atoms with Gasteiger partial charge in [0.2, 0.25) is 0 Å². The first-order valence-corrected chi connectivity index (χ1v) is 9.88. The van der Waals surface area contributed by atoms with Crippen LogP contribution in [-0.2, 0) is 6.54 Å². The second-order valence-electron chi connectivity index (χ2n) is 6.47. The number of amides is 1. The van der Waals surface area contributed by atoms with Gasteiger partial charge in [0.05, 0.1) is 12.8 Å². The van der Waals surface area contributed by atoms with E-state index in [1.807, 2.05) is 36.4 Å². The van der Waals surface area contributed by atoms with Crippen molar-refractivity contribution in [3.63, 3.8) is 0 Å². The van der Waals surface area contributed by atoms with E-state index in [0.29, 0.717) is 17.0 Å². The standard InChI is InChI=1S/C21H17N3O3S/c1-26-17-4-2-3-14-11-18(27-19(14)17)20(25)22-15-7-5-13(6-8-15)16-12-24-9-10-28-21(24)23-16/h2-8,11-12H,9-10H2,1H3,(H,22,25). The lowest BCUT2D eigenvalue weighted by Gasteiger charge is -2.04. The molecule has 1 aliphatic rings. The number of aromatic nitrogens is 2. The maximum atomic E-state index is 12.6. The van der Waals surface area contributed by atoms with Gasteiger partial charge in [-0.05, 0) is 24.3 Å². The molecule has 7 heteroatoms. The Kier molecular flexibility index (Phi) is 4.09. The highest BCUT2D eigenvalue weighted by Crippen LogP contribution is 2.30. The van der Waals surface area contributed by atoms with Gasteiger partial charge in [0.25, 0.3) is 5.91 Å². The molecular formula is C21H17N3O3S. The maximum absolute atomic E-state index is 12.6. The van der Waals surface area contributed by atoms with Crippen molar-refractivity contribution >= 4 is 34.3 Å². The lowest BCUT2D eigenvalue weighted by molar-refractivity contribution is 0.0998. The third kappa shape index (κ3) is 2.93. The van der Waals surface area contributed by atoms with Crippen LogP contribution in [0.5, 0.6) is 5.75 Å². The predicted molar refractivity (Wildman–Crippen MR) is 109 cm³/mol. The van der Waals surface area contributed by atoms with Crippen LogP contribution in [0, 0.1) is 0 Å². The smallest absolute Gasteiger partial charge is 0.291 e. The molecule has 1 N–H and O–H groups in total. The summed E-state index contributed by atoms with van der Waals surface area (Å²) in [7, 11) is 1.58. The van der Waals surface area contributed by atoms with Crippen LogP contribution < -0.4 is 10.1 Å². The van der Waals surface area contributed by atoms with E-state index in [4.69, 9.17) is 9.15 Å². The average molecular weight is 391 g/mol. The highest BCUT2D eigenvalue weighted by molar-refractivity contribution is 7.99. The molecule has 0 radical (unpaired) electrons. The van der Waals surface area contributed by atoms with E-state index in [1.165, 1.54) is 0 Å². The van der Waals surface area contributed by atoms with Gasteiger partial charge in [0.15, 0.2) is 22.2 Å². The quantitative estimate of drug-likeness (QED) is 0.548. The lowest BCUT2D eigenvalue weighted by Crippen LogP contribution is -2.10. The molecule has 0 unspecified atom stereocenters. The van der Waals surface area contributed by atoms with Crippen molar-refractivity contribution in [2.24, 2.45) is 0 Å². The number of hydrogen-bond acceptors (Lipinski definition) is 5. The van der Waals surface area contributed by atoms with Crippen molar-refractivity contribution in [3.8, 4) is 17.0 Å². The van der Waals surface area contributed by atoms with Gasteiger partial charge in [-0.15, -0.1) is 0 Å². The van der Waals surface area contributed by atoms with Crippen LogP contribution in [0.4, 0.5) is 5.69 Å². The molecule has 1 amide bonds. The van der Waals surface area contributed by atoms with Gasteiger partial charge in [-0.3, -0.25) is 4.79 Å². The fourth-order valence-electron chi connectivity index (χ4n) is 3.27. The summed E-state index contributed by atoms with van der Waals surface area (Å²) in [5, 5.41) is 4.76. The van der Waals surface area contributed by atoms with Crippen LogP contribution in [-0.4, -0.2) is 28.3 Å². The Balaban J connectivity index is 1.35. The normalized spacial score (nSPS) is 12.9. The molecule has 0 atom stereocenters. The summed E-state index contributed by atoms with van der Waals surface area (Å²) in [4.78, 5) is 17.2. The number of aryl methyl sites for hydroxylation is 1. The number of anilines is 1. The number of thioether (sulfide) groups is 1. The zero-order valence-electron chi connectivity index (χ0n) is 15.1. The third-order valence-corrected chi connectivity index (χ3v) is 5.66. The van der Waals surface area contributed by atoms with Gasteiger partial charge in [0, 0.05) is 35.1 Å². The monoisotopic (exact) mass is 391 g/mol. The first-order valence-electron chi connectivity index (χ1n) is 8.89. The summed E-state index contributed by atoms with van der Waals surface area (Å²) in [6, 6.07) is 14.9. The van der Waals surface area contributed by atoms with E-state index in [2.05, 4.69) is 21.1 Å². The summed E-state index contributed by atoms with van der Waals surface area (Å²) < 4.78 is 13.2. The number of ether oxygens (including phenoxy) is 1. The summed E-state index contributed by atoms with van der Waals surface area (Å²) in [5.74, 6) is 1.63. The van der Waals surface area contributed by atoms with E-state index in [0.717, 1.165) is 34.1 Å². The molecule has 0 bridgehead atoms. The summed E-state index contributed by atoms with van der Waals surface area (Å²) in [6.07, 6.45) is 2.07. The van der Waals surface area contributed by atoms with Gasteiger partial charge in [-0.25, -0.2) is 4.98 Å². The van der Waals surface area contributed by atoms with Crippen molar-refractivity contribution in [2.75, 3.05) is 18.2 Å². The Morgan fingerprint density at radius 3 is 2.89 bits per heavy atom. The van der Waals surface area contributed by atoms with Crippen molar-refractivity contribution in [1.82, 2.24) is 9.55 Å². The maximum Gasteiger partial charge on any atom is 0.291 e. The molecule has 0 saturated carbocycles. The molecule has 1 aliphatic heterocycles. The minimum absolute atomic E-state index is 0.242. The molecule has 28 heavy (non-hydrogen) atoms. The number of methoxy groups -OCH3 is 1. The number of furan rings is 1. The van der Waals surface area contributed by atoms with E-state index in [1.54, 1.807) is 31.0 Å². The number of nitrogens with one attached hydrogen (secondary N) is 1. The molecule has 0 fully saturated rings. The van der Waals surface area contributed by atoms with Crippen molar-refractivity contribution < 1.29 is 13.9 Å². The van der Waals surface area contributed by atoms with Crippen LogP contribution in [0.2, 0.25) is 0 Å². The number of hydrogen-bond donors (Lipinski definition) is 1. The highest BCUT2D eigenvalue weighted by Gasteiger charge is 2.17. The lowest BCUT2D eigenvalue weighted by atomic mass is 10.1. The number of para-hydroxylation sites is 1. The molecule has 0 saturated heterocycles. The van der Waals surface area contributed by atoms with E-state index in [9.17, 15) is 4.79 Å². The molecule has 3 heterocycles. The molecule has 2 aromatic carbocycles. The molecule has 0 spiro atoms. The Hall–Kier alpha value is -3.19. The van der Waals surface area contributed by atoms with Crippen LogP contribution in [0.15, 0.2) is 64.3 Å². The highest BCUT2D eigenvalue weighted by atomic mass is 32.2. The Morgan fingerprint density at radius 1 is 1.25 bits per heavy atom. The Morgan fingerprint density at radius 2 is 2.11 bits per heavy atom. The molecule has 5 rings (SSSR count). The molecule has 140 valence electrons. The summed E-state index contributed by atoms with van der Waals surface area (Å²) in [6.45, 7) is 1.00. The number of fused-ring (bicyclic) bond motifs is 2. The fourth-order valence-corrected chi connectivity index (χ4v) is 4.22. The minimum atomic E-state index is -0.302. The minimum Gasteiger partial charge on any atom is -0.493 e. The number of benzene rings is 2. The largest absolute Gasteiger partial charge is 0.493 e. The number of nitrogens with zero attached hydrogens (tertiary/aromatic N) is 2. The van der Waals surface area contributed by atoms with Crippen LogP contribution in [0.3, 0.4) is 0 Å². The number of carbonyl (C=O) groups excluding carboxylic acids is 1. The number of rotatable bonds is 4. The zero-order valence-corrected chi connectivity index (χ0v) is 16.0. The number of carbonyl (C=O) groups is 1. The van der Waals surface area contributed by atoms with Gasteiger partial charge in [0.1, 0.15) is 0 Å². The van der Waals surface area contributed by atoms with Gasteiger partial charge < -0.3 is 19.0 Å². The van der Waals surface area contributed by atoms with Crippen LogP contribution in [0.1, 0.15) is 10.6 Å². The topological polar surface area (TPSA) is 69.3 Å². The molecule has 2 aromatic heterocycles. The third-order valence-electron chi connectivity index (χ3n) is 4.69. The summed E-state index contributed by atoms with van der Waals surface area (Å²) >= 11 is 1.77. The first-order chi connectivity index (χ1) is 13.7. The Bertz CT molecular complexity index is 1160. The second kappa shape index (κ2) is 6.76. The predicted octanol–water partition coefficient (Wildman–Crippen LogP) is 4.66. The van der Waals surface area contributed by atoms with Crippen LogP contribution >= 0.6 is 11.8 Å². The first kappa shape index (κ1) is 16.9. The summed E-state index contributed by atoms with van der Waals surface area (Å²) in [5.41, 5.74) is 3.23. The Labute approximate surface area is 165 Å². The van der Waals surface area contributed by atoms with Gasteiger partial charge >= 0.3 is 0 Å². The molecular weight excluding hydrogens is 374 g/mol. The molecule has 4 aromatic rings. The zero-order chi connectivity index (χ0) is 19.1.